The van der Waals surface area contributed by atoms with E-state index in [-0.39, 0.29) is 18.2 Å². The van der Waals surface area contributed by atoms with Gasteiger partial charge < -0.3 is 28.8 Å². The molecule has 206 valence electrons. The van der Waals surface area contributed by atoms with Crippen molar-refractivity contribution in [3.63, 3.8) is 0 Å². The normalized spacial score (nSPS) is 22.1. The summed E-state index contributed by atoms with van der Waals surface area (Å²) in [4.78, 5) is 22.7. The number of hydrogen-bond donors (Lipinski definition) is 1. The first kappa shape index (κ1) is 28.4. The molecule has 3 aromatic carbocycles. The summed E-state index contributed by atoms with van der Waals surface area (Å²) < 4.78 is 26.9. The number of ether oxygens (including phenoxy) is 5. The zero-order valence-corrected chi connectivity index (χ0v) is 21.7. The fraction of sp³-hybridized carbons (Fsp3) is 0.355. The van der Waals surface area contributed by atoms with E-state index >= 15 is 0 Å². The molecule has 0 aromatic heterocycles. The molecule has 5 rings (SSSR count). The molecule has 3 aromatic rings. The maximum atomic E-state index is 11.8. The highest BCUT2D eigenvalue weighted by Crippen LogP contribution is 2.20. The number of aliphatic hydroxyl groups is 1. The maximum absolute atomic E-state index is 11.8. The van der Waals surface area contributed by atoms with E-state index in [9.17, 15) is 9.59 Å². The molecule has 4 atom stereocenters. The van der Waals surface area contributed by atoms with Gasteiger partial charge in [-0.05, 0) is 16.7 Å². The molecule has 8 nitrogen and oxygen atoms in total. The van der Waals surface area contributed by atoms with E-state index in [0.717, 1.165) is 16.7 Å². The minimum atomic E-state index is -0.981. The average Bonchev–Trinajstić information content (AvgIpc) is 3.49. The number of benzene rings is 3. The molecule has 0 spiro atoms. The minimum absolute atomic E-state index is 0.230. The molecule has 0 saturated carbocycles. The third-order valence-corrected chi connectivity index (χ3v) is 6.19. The van der Waals surface area contributed by atoms with Gasteiger partial charge in [-0.3, -0.25) is 0 Å². The van der Waals surface area contributed by atoms with Gasteiger partial charge in [-0.2, -0.15) is 0 Å². The number of carbonyl (C=O) groups excluding carboxylic acids is 2. The Morgan fingerprint density at radius 1 is 0.615 bits per heavy atom. The molecule has 2 heterocycles. The van der Waals surface area contributed by atoms with Gasteiger partial charge in [0.25, 0.3) is 0 Å². The lowest BCUT2D eigenvalue weighted by Crippen LogP contribution is -2.18. The van der Waals surface area contributed by atoms with E-state index in [1.165, 1.54) is 0 Å². The number of esters is 2. The average molecular weight is 535 g/mol. The lowest BCUT2D eigenvalue weighted by Gasteiger charge is -2.10. The summed E-state index contributed by atoms with van der Waals surface area (Å²) >= 11 is 0. The van der Waals surface area contributed by atoms with Crippen molar-refractivity contribution in [3.05, 3.63) is 108 Å². The SMILES string of the molecule is O=C1O[C@H](COCc2ccccc2)C[C@H]1O.O=C1O[C@H](COCc2ccccc2)C[C@H]1OCc1ccccc1. The Kier molecular flexibility index (Phi) is 11.0. The summed E-state index contributed by atoms with van der Waals surface area (Å²) in [5.74, 6) is -0.845. The molecule has 1 N–H and O–H groups in total. The lowest BCUT2D eigenvalue weighted by atomic mass is 10.2. The molecule has 0 amide bonds. The van der Waals surface area contributed by atoms with Crippen LogP contribution >= 0.6 is 0 Å². The van der Waals surface area contributed by atoms with Gasteiger partial charge in [0.2, 0.25) is 0 Å². The fourth-order valence-electron chi connectivity index (χ4n) is 4.14. The van der Waals surface area contributed by atoms with Crippen LogP contribution in [0.5, 0.6) is 0 Å². The van der Waals surface area contributed by atoms with Crippen molar-refractivity contribution in [3.8, 4) is 0 Å². The van der Waals surface area contributed by atoms with E-state index in [2.05, 4.69) is 0 Å². The highest BCUT2D eigenvalue weighted by molar-refractivity contribution is 5.77. The summed E-state index contributed by atoms with van der Waals surface area (Å²) in [5.41, 5.74) is 3.23. The van der Waals surface area contributed by atoms with Gasteiger partial charge in [-0.15, -0.1) is 0 Å². The molecular formula is C31H34O8. The van der Waals surface area contributed by atoms with Crippen molar-refractivity contribution in [2.24, 2.45) is 0 Å². The monoisotopic (exact) mass is 534 g/mol. The minimum Gasteiger partial charge on any atom is -0.458 e. The Bertz CT molecular complexity index is 1140. The molecule has 0 unspecified atom stereocenters. The molecule has 2 saturated heterocycles. The number of rotatable bonds is 11. The molecule has 2 aliphatic heterocycles. The van der Waals surface area contributed by atoms with Crippen LogP contribution in [-0.2, 0) is 53.1 Å². The van der Waals surface area contributed by atoms with Gasteiger partial charge in [-0.1, -0.05) is 91.0 Å². The first-order valence-corrected chi connectivity index (χ1v) is 13.0. The Morgan fingerprint density at radius 3 is 1.51 bits per heavy atom. The van der Waals surface area contributed by atoms with Crippen molar-refractivity contribution in [2.45, 2.75) is 57.1 Å². The van der Waals surface area contributed by atoms with E-state index in [4.69, 9.17) is 28.8 Å². The van der Waals surface area contributed by atoms with Crippen LogP contribution in [0.3, 0.4) is 0 Å². The quantitative estimate of drug-likeness (QED) is 0.369. The van der Waals surface area contributed by atoms with E-state index in [0.29, 0.717) is 45.9 Å². The first-order valence-electron chi connectivity index (χ1n) is 13.0. The number of carbonyl (C=O) groups is 2. The summed E-state index contributed by atoms with van der Waals surface area (Å²) in [7, 11) is 0. The molecule has 2 aliphatic rings. The largest absolute Gasteiger partial charge is 0.458 e. The second kappa shape index (κ2) is 15.1. The molecule has 0 radical (unpaired) electrons. The van der Waals surface area contributed by atoms with Crippen molar-refractivity contribution >= 4 is 11.9 Å². The zero-order chi connectivity index (χ0) is 27.3. The summed E-state index contributed by atoms with van der Waals surface area (Å²) in [6.07, 6.45) is -1.15. The van der Waals surface area contributed by atoms with Crippen LogP contribution in [-0.4, -0.2) is 54.7 Å². The molecule has 39 heavy (non-hydrogen) atoms. The van der Waals surface area contributed by atoms with Gasteiger partial charge >= 0.3 is 11.9 Å². The van der Waals surface area contributed by atoms with E-state index in [1.54, 1.807) is 0 Å². The van der Waals surface area contributed by atoms with Crippen molar-refractivity contribution in [2.75, 3.05) is 13.2 Å². The second-order valence-electron chi connectivity index (χ2n) is 9.39. The van der Waals surface area contributed by atoms with Crippen molar-refractivity contribution in [1.29, 1.82) is 0 Å². The molecule has 0 bridgehead atoms. The number of hydrogen-bond acceptors (Lipinski definition) is 8. The fourth-order valence-corrected chi connectivity index (χ4v) is 4.14. The van der Waals surface area contributed by atoms with Crippen LogP contribution in [0.4, 0.5) is 0 Å². The number of aliphatic hydroxyl groups excluding tert-OH is 1. The van der Waals surface area contributed by atoms with Gasteiger partial charge in [0, 0.05) is 12.8 Å². The predicted molar refractivity (Wildman–Crippen MR) is 142 cm³/mol. The lowest BCUT2D eigenvalue weighted by molar-refractivity contribution is -0.151. The Labute approximate surface area is 228 Å². The van der Waals surface area contributed by atoms with Crippen LogP contribution in [0.1, 0.15) is 29.5 Å². The third kappa shape index (κ3) is 9.60. The van der Waals surface area contributed by atoms with Crippen molar-refractivity contribution < 1.29 is 38.4 Å². The van der Waals surface area contributed by atoms with Crippen LogP contribution in [0.2, 0.25) is 0 Å². The van der Waals surface area contributed by atoms with E-state index < -0.39 is 18.2 Å². The Hall–Kier alpha value is -3.56. The smallest absolute Gasteiger partial charge is 0.335 e. The van der Waals surface area contributed by atoms with E-state index in [1.807, 2.05) is 91.0 Å². The summed E-state index contributed by atoms with van der Waals surface area (Å²) in [6, 6.07) is 29.5. The van der Waals surface area contributed by atoms with Gasteiger partial charge in [0.1, 0.15) is 12.2 Å². The highest BCUT2D eigenvalue weighted by Gasteiger charge is 2.35. The molecule has 0 aliphatic carbocycles. The standard InChI is InChI=1S/C19H20O4.C12H14O4/c20-19-18(22-13-16-9-5-2-6-10-16)11-17(23-19)14-21-12-15-7-3-1-4-8-15;13-11-6-10(16-12(11)14)8-15-7-9-4-2-1-3-5-9/h1-10,17-18H,11-14H2;1-5,10-11,13H,6-8H2/t17-,18+;10-,11+/m00/s1. The van der Waals surface area contributed by atoms with Crippen LogP contribution in [0, 0.1) is 0 Å². The molecular weight excluding hydrogens is 500 g/mol. The highest BCUT2D eigenvalue weighted by atomic mass is 16.6. The number of cyclic esters (lactones) is 2. The molecule has 2 fully saturated rings. The third-order valence-electron chi connectivity index (χ3n) is 6.19. The zero-order valence-electron chi connectivity index (χ0n) is 21.7. The van der Waals surface area contributed by atoms with Gasteiger partial charge in [-0.25, -0.2) is 9.59 Å². The van der Waals surface area contributed by atoms with Crippen LogP contribution in [0.15, 0.2) is 91.0 Å². The Balaban J connectivity index is 0.000000193. The van der Waals surface area contributed by atoms with Crippen molar-refractivity contribution in [1.82, 2.24) is 0 Å². The summed E-state index contributed by atoms with van der Waals surface area (Å²) in [6.45, 7) is 2.15. The van der Waals surface area contributed by atoms with Crippen LogP contribution < -0.4 is 0 Å². The second-order valence-corrected chi connectivity index (χ2v) is 9.39. The van der Waals surface area contributed by atoms with Crippen LogP contribution in [0.25, 0.3) is 0 Å². The van der Waals surface area contributed by atoms with Gasteiger partial charge in [0.05, 0.1) is 33.0 Å². The van der Waals surface area contributed by atoms with Gasteiger partial charge in [0.15, 0.2) is 12.2 Å². The molecule has 8 heteroatoms. The Morgan fingerprint density at radius 2 is 1.05 bits per heavy atom. The first-order chi connectivity index (χ1) is 19.1. The maximum Gasteiger partial charge on any atom is 0.335 e. The topological polar surface area (TPSA) is 101 Å². The summed E-state index contributed by atoms with van der Waals surface area (Å²) in [5, 5.41) is 9.15. The predicted octanol–water partition coefficient (Wildman–Crippen LogP) is 3.98.